The maximum absolute atomic E-state index is 13.4. The zero-order chi connectivity index (χ0) is 20.0. The molecule has 2 N–H and O–H groups in total. The minimum Gasteiger partial charge on any atom is -0.368 e. The lowest BCUT2D eigenvalue weighted by molar-refractivity contribution is -0.129. The Morgan fingerprint density at radius 3 is 1.62 bits per heavy atom. The van der Waals surface area contributed by atoms with Crippen LogP contribution in [0, 0.1) is 34.6 Å². The lowest BCUT2D eigenvalue weighted by atomic mass is 9.95. The van der Waals surface area contributed by atoms with Crippen molar-refractivity contribution in [2.24, 2.45) is 5.73 Å². The minimum atomic E-state index is -3.58. The lowest BCUT2D eigenvalue weighted by Crippen LogP contribution is -2.60. The maximum atomic E-state index is 13.4. The lowest BCUT2D eigenvalue weighted by Gasteiger charge is -2.42. The Balaban J connectivity index is 2.36. The van der Waals surface area contributed by atoms with E-state index >= 15 is 0 Å². The summed E-state index contributed by atoms with van der Waals surface area (Å²) in [5.41, 5.74) is 9.56. The van der Waals surface area contributed by atoms with Crippen LogP contribution in [0.3, 0.4) is 0 Å². The molecule has 6 nitrogen and oxygen atoms in total. The van der Waals surface area contributed by atoms with Crippen LogP contribution < -0.4 is 5.73 Å². The van der Waals surface area contributed by atoms with E-state index in [-0.39, 0.29) is 0 Å². The highest BCUT2D eigenvalue weighted by molar-refractivity contribution is 7.89. The van der Waals surface area contributed by atoms with Crippen molar-refractivity contribution >= 4 is 15.9 Å². The molecule has 0 saturated carbocycles. The van der Waals surface area contributed by atoms with Gasteiger partial charge in [0.15, 0.2) is 0 Å². The molecule has 2 rings (SSSR count). The Labute approximate surface area is 157 Å². The van der Waals surface area contributed by atoms with E-state index in [1.165, 1.54) is 4.31 Å². The van der Waals surface area contributed by atoms with Gasteiger partial charge in [-0.3, -0.25) is 9.69 Å². The number of hydrogen-bond acceptors (Lipinski definition) is 4. The quantitative estimate of drug-likeness (QED) is 0.862. The maximum Gasteiger partial charge on any atom is 0.243 e. The van der Waals surface area contributed by atoms with Crippen LogP contribution in [-0.4, -0.2) is 55.2 Å². The molecule has 0 aliphatic carbocycles. The number of amides is 1. The number of sulfonamides is 1. The van der Waals surface area contributed by atoms with Crippen LogP contribution in [-0.2, 0) is 14.8 Å². The van der Waals surface area contributed by atoms with Crippen molar-refractivity contribution in [2.75, 3.05) is 26.2 Å². The van der Waals surface area contributed by atoms with Crippen LogP contribution in [0.25, 0.3) is 0 Å². The molecule has 1 aromatic carbocycles. The van der Waals surface area contributed by atoms with Crippen molar-refractivity contribution in [3.63, 3.8) is 0 Å². The first-order valence-corrected chi connectivity index (χ1v) is 10.4. The highest BCUT2D eigenvalue weighted by Crippen LogP contribution is 2.32. The smallest absolute Gasteiger partial charge is 0.243 e. The van der Waals surface area contributed by atoms with Crippen molar-refractivity contribution in [3.8, 4) is 0 Å². The van der Waals surface area contributed by atoms with Crippen LogP contribution in [0.2, 0.25) is 0 Å². The summed E-state index contributed by atoms with van der Waals surface area (Å²) in [4.78, 5) is 14.0. The highest BCUT2D eigenvalue weighted by Gasteiger charge is 2.38. The average molecular weight is 382 g/mol. The average Bonchev–Trinajstić information content (AvgIpc) is 2.58. The van der Waals surface area contributed by atoms with Crippen LogP contribution in [0.5, 0.6) is 0 Å². The summed E-state index contributed by atoms with van der Waals surface area (Å²) < 4.78 is 28.2. The number of piperazine rings is 1. The number of primary amides is 1. The van der Waals surface area contributed by atoms with E-state index in [0.29, 0.717) is 31.1 Å². The van der Waals surface area contributed by atoms with Crippen molar-refractivity contribution < 1.29 is 13.2 Å². The summed E-state index contributed by atoms with van der Waals surface area (Å²) >= 11 is 0. The fourth-order valence-corrected chi connectivity index (χ4v) is 5.61. The first kappa shape index (κ1) is 20.9. The molecule has 1 aliphatic heterocycles. The van der Waals surface area contributed by atoms with E-state index in [4.69, 9.17) is 5.73 Å². The molecule has 1 fully saturated rings. The molecule has 0 unspecified atom stereocenters. The van der Waals surface area contributed by atoms with Crippen LogP contribution in [0.15, 0.2) is 4.90 Å². The van der Waals surface area contributed by atoms with Gasteiger partial charge in [0.1, 0.15) is 0 Å². The molecular weight excluding hydrogens is 350 g/mol. The first-order valence-electron chi connectivity index (χ1n) is 8.95. The molecule has 1 saturated heterocycles. The highest BCUT2D eigenvalue weighted by atomic mass is 32.2. The third-order valence-electron chi connectivity index (χ3n) is 6.16. The van der Waals surface area contributed by atoms with Crippen LogP contribution in [0.1, 0.15) is 41.7 Å². The van der Waals surface area contributed by atoms with E-state index < -0.39 is 21.5 Å². The Hall–Kier alpha value is -1.44. The molecule has 26 heavy (non-hydrogen) atoms. The number of nitrogens with two attached hydrogens (primary N) is 1. The third kappa shape index (κ3) is 3.28. The van der Waals surface area contributed by atoms with Gasteiger partial charge in [-0.25, -0.2) is 8.42 Å². The van der Waals surface area contributed by atoms with Crippen molar-refractivity contribution in [3.05, 3.63) is 27.8 Å². The Kier molecular flexibility index (Phi) is 5.57. The second-order valence-electron chi connectivity index (χ2n) is 7.77. The van der Waals surface area contributed by atoms with Crippen LogP contribution in [0.4, 0.5) is 0 Å². The number of carbonyl (C=O) groups is 1. The number of carbonyl (C=O) groups excluding carboxylic acids is 1. The third-order valence-corrected chi connectivity index (χ3v) is 8.33. The van der Waals surface area contributed by atoms with Gasteiger partial charge in [0, 0.05) is 26.2 Å². The zero-order valence-electron chi connectivity index (χ0n) is 16.9. The van der Waals surface area contributed by atoms with Gasteiger partial charge in [-0.15, -0.1) is 0 Å². The van der Waals surface area contributed by atoms with Crippen molar-refractivity contribution in [1.29, 1.82) is 0 Å². The molecular formula is C19H31N3O3S. The first-order chi connectivity index (χ1) is 11.8. The summed E-state index contributed by atoms with van der Waals surface area (Å²) in [7, 11) is -3.58. The topological polar surface area (TPSA) is 83.7 Å². The molecule has 1 heterocycles. The molecule has 146 valence electrons. The van der Waals surface area contributed by atoms with Crippen molar-refractivity contribution in [2.45, 2.75) is 58.9 Å². The fraction of sp³-hybridized carbons (Fsp3) is 0.632. The van der Waals surface area contributed by atoms with Gasteiger partial charge in [-0.1, -0.05) is 0 Å². The molecule has 0 bridgehead atoms. The van der Waals surface area contributed by atoms with E-state index in [2.05, 4.69) is 0 Å². The summed E-state index contributed by atoms with van der Waals surface area (Å²) in [6, 6.07) is 0. The molecule has 0 aromatic heterocycles. The molecule has 0 atom stereocenters. The standard InChI is InChI=1S/C19H31N3O3S/c1-12-13(2)15(4)17(16(5)14(12)3)26(24,25)22-10-8-21(9-11-22)19(6,7)18(20)23/h8-11H2,1-7H3,(H2,20,23). The number of benzene rings is 1. The second kappa shape index (κ2) is 6.94. The number of rotatable bonds is 4. The van der Waals surface area contributed by atoms with E-state index in [0.717, 1.165) is 27.8 Å². The van der Waals surface area contributed by atoms with E-state index in [1.807, 2.05) is 39.5 Å². The predicted octanol–water partition coefficient (Wildman–Crippen LogP) is 1.80. The molecule has 1 aliphatic rings. The summed E-state index contributed by atoms with van der Waals surface area (Å²) in [6.45, 7) is 15.0. The molecule has 1 amide bonds. The zero-order valence-corrected chi connectivity index (χ0v) is 17.7. The normalized spacial score (nSPS) is 17.5. The van der Waals surface area contributed by atoms with E-state index in [9.17, 15) is 13.2 Å². The Bertz CT molecular complexity index is 807. The number of nitrogens with zero attached hydrogens (tertiary/aromatic N) is 2. The fourth-order valence-electron chi connectivity index (χ4n) is 3.62. The minimum absolute atomic E-state index is 0.351. The van der Waals surface area contributed by atoms with Gasteiger partial charge in [-0.2, -0.15) is 4.31 Å². The van der Waals surface area contributed by atoms with Crippen molar-refractivity contribution in [1.82, 2.24) is 9.21 Å². The van der Waals surface area contributed by atoms with Crippen LogP contribution >= 0.6 is 0 Å². The van der Waals surface area contributed by atoms with Gasteiger partial charge < -0.3 is 5.73 Å². The SMILES string of the molecule is Cc1c(C)c(C)c(S(=O)(=O)N2CCN(C(C)(C)C(N)=O)CC2)c(C)c1C. The summed E-state index contributed by atoms with van der Waals surface area (Å²) in [6.07, 6.45) is 0. The number of hydrogen-bond donors (Lipinski definition) is 1. The van der Waals surface area contributed by atoms with Gasteiger partial charge >= 0.3 is 0 Å². The van der Waals surface area contributed by atoms with Gasteiger partial charge in [0.25, 0.3) is 0 Å². The van der Waals surface area contributed by atoms with Gasteiger partial charge in [0.2, 0.25) is 15.9 Å². The monoisotopic (exact) mass is 381 g/mol. The van der Waals surface area contributed by atoms with Gasteiger partial charge in [-0.05, 0) is 76.3 Å². The second-order valence-corrected chi connectivity index (χ2v) is 9.64. The Morgan fingerprint density at radius 1 is 0.846 bits per heavy atom. The summed E-state index contributed by atoms with van der Waals surface area (Å²) in [5.74, 6) is -0.398. The molecule has 0 spiro atoms. The van der Waals surface area contributed by atoms with E-state index in [1.54, 1.807) is 13.8 Å². The molecule has 1 aromatic rings. The summed E-state index contributed by atoms with van der Waals surface area (Å²) in [5, 5.41) is 0. The molecule has 0 radical (unpaired) electrons. The van der Waals surface area contributed by atoms with Gasteiger partial charge in [0.05, 0.1) is 10.4 Å². The Morgan fingerprint density at radius 2 is 1.23 bits per heavy atom. The largest absolute Gasteiger partial charge is 0.368 e. The predicted molar refractivity (Wildman–Crippen MR) is 104 cm³/mol. The molecule has 7 heteroatoms.